The van der Waals surface area contributed by atoms with Gasteiger partial charge < -0.3 is 10.2 Å². The van der Waals surface area contributed by atoms with Gasteiger partial charge in [0.25, 0.3) is 0 Å². The maximum atomic E-state index is 12.0. The largest absolute Gasteiger partial charge is 0.392 e. The van der Waals surface area contributed by atoms with Crippen LogP contribution in [0.2, 0.25) is 0 Å². The number of terminal acetylenes is 1. The maximum absolute atomic E-state index is 12.0. The van der Waals surface area contributed by atoms with Gasteiger partial charge >= 0.3 is 0 Å². The second kappa shape index (κ2) is 5.21. The van der Waals surface area contributed by atoms with Crippen LogP contribution in [0.3, 0.4) is 0 Å². The molecule has 2 N–H and O–H groups in total. The molecule has 0 aromatic heterocycles. The van der Waals surface area contributed by atoms with Gasteiger partial charge in [0, 0.05) is 23.7 Å². The van der Waals surface area contributed by atoms with Gasteiger partial charge in [-0.05, 0) is 55.4 Å². The highest BCUT2D eigenvalue weighted by Crippen LogP contribution is 2.68. The van der Waals surface area contributed by atoms with Crippen LogP contribution < -0.4 is 0 Å². The topological polar surface area (TPSA) is 57.5 Å². The zero-order chi connectivity index (χ0) is 18.2. The second-order valence-electron chi connectivity index (χ2n) is 9.67. The van der Waals surface area contributed by atoms with Crippen molar-refractivity contribution in [3.8, 4) is 12.3 Å². The molecule has 4 rings (SSSR count). The average Bonchev–Trinajstić information content (AvgIpc) is 2.80. The van der Waals surface area contributed by atoms with Crippen molar-refractivity contribution < 1.29 is 15.0 Å². The third-order valence-corrected chi connectivity index (χ3v) is 8.68. The first-order valence-corrected chi connectivity index (χ1v) is 9.78. The summed E-state index contributed by atoms with van der Waals surface area (Å²) in [7, 11) is 0. The summed E-state index contributed by atoms with van der Waals surface area (Å²) in [6.45, 7) is 6.45. The van der Waals surface area contributed by atoms with E-state index in [2.05, 4.69) is 26.7 Å². The summed E-state index contributed by atoms with van der Waals surface area (Å²) >= 11 is 0. The highest BCUT2D eigenvalue weighted by molar-refractivity contribution is 5.91. The summed E-state index contributed by atoms with van der Waals surface area (Å²) in [5, 5.41) is 22.9. The Morgan fingerprint density at radius 2 is 2.00 bits per heavy atom. The molecule has 4 aliphatic carbocycles. The summed E-state index contributed by atoms with van der Waals surface area (Å²) in [6, 6.07) is 0. The Hall–Kier alpha value is -1.11. The number of fused-ring (bicyclic) bond motifs is 5. The van der Waals surface area contributed by atoms with E-state index < -0.39 is 5.60 Å². The highest BCUT2D eigenvalue weighted by atomic mass is 16.3. The third kappa shape index (κ3) is 1.99. The molecule has 3 heteroatoms. The minimum Gasteiger partial charge on any atom is -0.392 e. The van der Waals surface area contributed by atoms with Crippen molar-refractivity contribution in [1.82, 2.24) is 0 Å². The van der Waals surface area contributed by atoms with Gasteiger partial charge in [-0.25, -0.2) is 0 Å². The number of aliphatic hydroxyl groups is 2. The van der Waals surface area contributed by atoms with Crippen molar-refractivity contribution in [3.63, 3.8) is 0 Å². The molecular weight excluding hydrogens is 312 g/mol. The monoisotopic (exact) mass is 342 g/mol. The van der Waals surface area contributed by atoms with Gasteiger partial charge in [-0.2, -0.15) is 0 Å². The molecule has 4 aliphatic rings. The number of rotatable bonds is 0. The predicted octanol–water partition coefficient (Wildman–Crippen LogP) is 3.10. The van der Waals surface area contributed by atoms with Crippen LogP contribution >= 0.6 is 0 Å². The first-order chi connectivity index (χ1) is 11.7. The smallest absolute Gasteiger partial charge is 0.155 e. The normalized spacial score (nSPS) is 54.8. The molecule has 3 saturated carbocycles. The van der Waals surface area contributed by atoms with Gasteiger partial charge in [-0.1, -0.05) is 26.3 Å². The van der Waals surface area contributed by atoms with Crippen molar-refractivity contribution in [3.05, 3.63) is 11.6 Å². The van der Waals surface area contributed by atoms with Gasteiger partial charge in [0.15, 0.2) is 5.78 Å². The van der Waals surface area contributed by atoms with Gasteiger partial charge in [0.1, 0.15) is 0 Å². The standard InChI is InChI=1S/C22H30O3/c1-5-14-11-15-12-16(23)6-7-21(15,4)22(25)9-8-20(3)17(18(14)22)10-13(2)19(20)24/h1,12-14,17-19,24-25H,6-11H2,2-4H3/t13-,14+,17-,18-,19-,20-,21-,22+/m0/s1. The predicted molar refractivity (Wildman–Crippen MR) is 96.4 cm³/mol. The van der Waals surface area contributed by atoms with Crippen molar-refractivity contribution in [1.29, 1.82) is 0 Å². The fraction of sp³-hybridized carbons (Fsp3) is 0.773. The fourth-order valence-electron chi connectivity index (χ4n) is 7.04. The van der Waals surface area contributed by atoms with E-state index in [4.69, 9.17) is 6.42 Å². The minimum absolute atomic E-state index is 0.00574. The lowest BCUT2D eigenvalue weighted by Crippen LogP contribution is -2.65. The third-order valence-electron chi connectivity index (χ3n) is 8.68. The number of carbonyl (C=O) groups excluding carboxylic acids is 1. The van der Waals surface area contributed by atoms with Crippen LogP contribution in [0.15, 0.2) is 11.6 Å². The Labute approximate surface area is 150 Å². The molecule has 0 bridgehead atoms. The lowest BCUT2D eigenvalue weighted by molar-refractivity contribution is -0.206. The van der Waals surface area contributed by atoms with Gasteiger partial charge in [0.2, 0.25) is 0 Å². The molecule has 3 fully saturated rings. The number of hydrogen-bond donors (Lipinski definition) is 2. The van der Waals surface area contributed by atoms with Crippen LogP contribution in [0.1, 0.15) is 59.3 Å². The van der Waals surface area contributed by atoms with E-state index in [1.807, 2.05) is 0 Å². The van der Waals surface area contributed by atoms with E-state index >= 15 is 0 Å². The van der Waals surface area contributed by atoms with Crippen molar-refractivity contribution in [2.24, 2.45) is 34.5 Å². The fourth-order valence-corrected chi connectivity index (χ4v) is 7.04. The zero-order valence-corrected chi connectivity index (χ0v) is 15.6. The van der Waals surface area contributed by atoms with Crippen LogP contribution in [-0.4, -0.2) is 27.7 Å². The average molecular weight is 342 g/mol. The number of aliphatic hydroxyl groups excluding tert-OH is 1. The molecule has 0 aromatic rings. The molecule has 0 aliphatic heterocycles. The Kier molecular flexibility index (Phi) is 3.61. The SMILES string of the molecule is C#C[C@@H]1CC2=CC(=O)CC[C@]2(C)[C@@]2(O)CC[C@]3(C)[C@@H](O)[C@@H](C)C[C@H]3[C@H]12. The Bertz CT molecular complexity index is 688. The van der Waals surface area contributed by atoms with Crippen molar-refractivity contribution in [2.75, 3.05) is 0 Å². The molecule has 0 unspecified atom stereocenters. The van der Waals surface area contributed by atoms with E-state index in [1.165, 1.54) is 0 Å². The number of ketones is 1. The molecule has 3 nitrogen and oxygen atoms in total. The Morgan fingerprint density at radius 1 is 1.28 bits per heavy atom. The van der Waals surface area contributed by atoms with E-state index in [9.17, 15) is 15.0 Å². The number of hydrogen-bond acceptors (Lipinski definition) is 3. The van der Waals surface area contributed by atoms with Gasteiger partial charge in [-0.15, -0.1) is 12.3 Å². The molecular formula is C22H30O3. The van der Waals surface area contributed by atoms with Crippen LogP contribution in [0.25, 0.3) is 0 Å². The van der Waals surface area contributed by atoms with Crippen LogP contribution in [-0.2, 0) is 4.79 Å². The summed E-state index contributed by atoms with van der Waals surface area (Å²) < 4.78 is 0. The summed E-state index contributed by atoms with van der Waals surface area (Å²) in [5.74, 6) is 3.56. The van der Waals surface area contributed by atoms with Crippen LogP contribution in [0.4, 0.5) is 0 Å². The summed E-state index contributed by atoms with van der Waals surface area (Å²) in [5.41, 5.74) is -0.339. The summed E-state index contributed by atoms with van der Waals surface area (Å²) in [4.78, 5) is 12.0. The first kappa shape index (κ1) is 17.3. The van der Waals surface area contributed by atoms with Crippen LogP contribution in [0, 0.1) is 46.8 Å². The van der Waals surface area contributed by atoms with Crippen LogP contribution in [0.5, 0.6) is 0 Å². The zero-order valence-electron chi connectivity index (χ0n) is 15.6. The van der Waals surface area contributed by atoms with Gasteiger partial charge in [0.05, 0.1) is 11.7 Å². The Balaban J connectivity index is 1.84. The van der Waals surface area contributed by atoms with E-state index in [0.717, 1.165) is 18.4 Å². The van der Waals surface area contributed by atoms with Crippen molar-refractivity contribution in [2.45, 2.75) is 71.0 Å². The highest BCUT2D eigenvalue weighted by Gasteiger charge is 2.68. The van der Waals surface area contributed by atoms with E-state index in [1.54, 1.807) is 6.08 Å². The number of carbonyl (C=O) groups is 1. The minimum atomic E-state index is -0.872. The maximum Gasteiger partial charge on any atom is 0.155 e. The van der Waals surface area contributed by atoms with E-state index in [0.29, 0.717) is 25.7 Å². The first-order valence-electron chi connectivity index (χ1n) is 9.78. The quantitative estimate of drug-likeness (QED) is 0.665. The molecule has 0 saturated heterocycles. The Morgan fingerprint density at radius 3 is 2.68 bits per heavy atom. The molecule has 136 valence electrons. The lowest BCUT2D eigenvalue weighted by Gasteiger charge is -2.64. The van der Waals surface area contributed by atoms with Gasteiger partial charge in [-0.3, -0.25) is 4.79 Å². The lowest BCUT2D eigenvalue weighted by atomic mass is 9.43. The van der Waals surface area contributed by atoms with Crippen molar-refractivity contribution >= 4 is 5.78 Å². The molecule has 0 aromatic carbocycles. The summed E-state index contributed by atoms with van der Waals surface area (Å²) in [6.07, 6.45) is 11.7. The molecule has 0 radical (unpaired) electrons. The molecule has 0 amide bonds. The molecule has 0 heterocycles. The second-order valence-corrected chi connectivity index (χ2v) is 9.67. The van der Waals surface area contributed by atoms with E-state index in [-0.39, 0.29) is 46.4 Å². The molecule has 0 spiro atoms. The molecule has 25 heavy (non-hydrogen) atoms. The molecule has 8 atom stereocenters.